The number of hydrogen-bond donors (Lipinski definition) is 0. The fourth-order valence-corrected chi connectivity index (χ4v) is 6.61. The second-order valence-corrected chi connectivity index (χ2v) is 8.77. The molecule has 0 saturated carbocycles. The van der Waals surface area contributed by atoms with E-state index in [0.717, 1.165) is 0 Å². The zero-order valence-corrected chi connectivity index (χ0v) is 10.3. The Morgan fingerprint density at radius 2 is 1.93 bits per heavy atom. The van der Waals surface area contributed by atoms with E-state index < -0.39 is 6.04 Å². The van der Waals surface area contributed by atoms with Crippen LogP contribution < -0.4 is 5.30 Å². The van der Waals surface area contributed by atoms with Crippen LogP contribution in [0, 0.1) is 5.92 Å². The standard InChI is InChI=1S/C12H15PS/c1-10-8-13(14,9-11(10)2)12-6-4-3-5-7-12/h3-8,11H,9H2,1-2H3. The molecule has 0 radical (unpaired) electrons. The van der Waals surface area contributed by atoms with Gasteiger partial charge in [0.1, 0.15) is 0 Å². The third-order valence-corrected chi connectivity index (χ3v) is 7.41. The van der Waals surface area contributed by atoms with Crippen molar-refractivity contribution in [1.82, 2.24) is 0 Å². The highest BCUT2D eigenvalue weighted by molar-refractivity contribution is 8.19. The number of allylic oxidation sites excluding steroid dienone is 1. The van der Waals surface area contributed by atoms with Gasteiger partial charge in [-0.25, -0.2) is 0 Å². The summed E-state index contributed by atoms with van der Waals surface area (Å²) in [6.45, 7) is 4.49. The normalized spacial score (nSPS) is 31.6. The molecule has 2 rings (SSSR count). The second-order valence-electron chi connectivity index (χ2n) is 4.09. The van der Waals surface area contributed by atoms with Crippen LogP contribution in [0.5, 0.6) is 0 Å². The Hall–Kier alpha value is -0.390. The summed E-state index contributed by atoms with van der Waals surface area (Å²) < 4.78 is 0. The lowest BCUT2D eigenvalue weighted by atomic mass is 10.1. The van der Waals surface area contributed by atoms with Gasteiger partial charge in [0.25, 0.3) is 0 Å². The first-order chi connectivity index (χ1) is 6.62. The number of benzene rings is 1. The van der Waals surface area contributed by atoms with Crippen molar-refractivity contribution in [1.29, 1.82) is 0 Å². The molecule has 1 aromatic rings. The number of rotatable bonds is 1. The molecule has 1 aromatic carbocycles. The van der Waals surface area contributed by atoms with E-state index in [-0.39, 0.29) is 0 Å². The summed E-state index contributed by atoms with van der Waals surface area (Å²) >= 11 is 5.82. The molecule has 2 heteroatoms. The van der Waals surface area contributed by atoms with Crippen molar-refractivity contribution >= 4 is 23.1 Å². The van der Waals surface area contributed by atoms with Crippen molar-refractivity contribution in [3.05, 3.63) is 41.7 Å². The Labute approximate surface area is 91.0 Å². The van der Waals surface area contributed by atoms with Crippen molar-refractivity contribution in [3.8, 4) is 0 Å². The summed E-state index contributed by atoms with van der Waals surface area (Å²) in [6, 6.07) is 9.25. The predicted molar refractivity (Wildman–Crippen MR) is 68.1 cm³/mol. The summed E-state index contributed by atoms with van der Waals surface area (Å²) in [5.41, 5.74) is 1.48. The van der Waals surface area contributed by atoms with Gasteiger partial charge >= 0.3 is 0 Å². The van der Waals surface area contributed by atoms with Crippen molar-refractivity contribution in [2.45, 2.75) is 13.8 Å². The lowest BCUT2D eigenvalue weighted by Gasteiger charge is -2.14. The first kappa shape index (κ1) is 10.1. The minimum atomic E-state index is -1.36. The van der Waals surface area contributed by atoms with E-state index >= 15 is 0 Å². The molecule has 0 aromatic heterocycles. The number of hydrogen-bond acceptors (Lipinski definition) is 1. The van der Waals surface area contributed by atoms with Gasteiger partial charge < -0.3 is 0 Å². The molecule has 1 aliphatic heterocycles. The summed E-state index contributed by atoms with van der Waals surface area (Å²) in [4.78, 5) is 0. The van der Waals surface area contributed by atoms with Gasteiger partial charge in [0, 0.05) is 6.04 Å². The molecule has 1 heterocycles. The van der Waals surface area contributed by atoms with Gasteiger partial charge in [-0.15, -0.1) is 0 Å². The first-order valence-corrected chi connectivity index (χ1v) is 8.01. The van der Waals surface area contributed by atoms with E-state index in [0.29, 0.717) is 5.92 Å². The Balaban J connectivity index is 2.42. The average Bonchev–Trinajstić information content (AvgIpc) is 2.44. The highest BCUT2D eigenvalue weighted by atomic mass is 32.4. The third-order valence-electron chi connectivity index (χ3n) is 2.93. The van der Waals surface area contributed by atoms with Crippen molar-refractivity contribution in [2.24, 2.45) is 5.92 Å². The molecule has 74 valence electrons. The van der Waals surface area contributed by atoms with E-state index in [4.69, 9.17) is 11.8 Å². The maximum absolute atomic E-state index is 5.82. The molecule has 0 bridgehead atoms. The van der Waals surface area contributed by atoms with Gasteiger partial charge in [-0.2, -0.15) is 0 Å². The molecule has 0 nitrogen and oxygen atoms in total. The zero-order chi connectivity index (χ0) is 10.2. The maximum atomic E-state index is 5.82. The van der Waals surface area contributed by atoms with Crippen LogP contribution in [0.2, 0.25) is 0 Å². The van der Waals surface area contributed by atoms with Crippen molar-refractivity contribution < 1.29 is 0 Å². The van der Waals surface area contributed by atoms with Crippen molar-refractivity contribution in [3.63, 3.8) is 0 Å². The molecule has 0 spiro atoms. The molecule has 0 aliphatic carbocycles. The topological polar surface area (TPSA) is 0 Å². The van der Waals surface area contributed by atoms with E-state index in [1.54, 1.807) is 0 Å². The molecule has 14 heavy (non-hydrogen) atoms. The molecular formula is C12H15PS. The molecule has 0 saturated heterocycles. The van der Waals surface area contributed by atoms with Crippen LogP contribution in [0.15, 0.2) is 41.7 Å². The van der Waals surface area contributed by atoms with E-state index in [1.807, 2.05) is 0 Å². The van der Waals surface area contributed by atoms with E-state index in [1.165, 1.54) is 17.0 Å². The Morgan fingerprint density at radius 1 is 1.29 bits per heavy atom. The van der Waals surface area contributed by atoms with Crippen LogP contribution in [0.1, 0.15) is 13.8 Å². The van der Waals surface area contributed by atoms with Gasteiger partial charge in [0.05, 0.1) is 0 Å². The smallest absolute Gasteiger partial charge is 0.00419 e. The Morgan fingerprint density at radius 3 is 2.43 bits per heavy atom. The Kier molecular flexibility index (Phi) is 2.64. The lowest BCUT2D eigenvalue weighted by Crippen LogP contribution is -2.05. The molecule has 0 amide bonds. The zero-order valence-electron chi connectivity index (χ0n) is 8.60. The summed E-state index contributed by atoms with van der Waals surface area (Å²) in [5.74, 6) is 3.04. The van der Waals surface area contributed by atoms with Crippen LogP contribution in [0.4, 0.5) is 0 Å². The van der Waals surface area contributed by atoms with Crippen LogP contribution in [0.25, 0.3) is 0 Å². The quantitative estimate of drug-likeness (QED) is 0.657. The SMILES string of the molecule is CC1=CP(=S)(c2ccccc2)CC1C. The predicted octanol–water partition coefficient (Wildman–Crippen LogP) is 3.34. The Bertz CT molecular complexity index is 406. The second kappa shape index (κ2) is 3.64. The maximum Gasteiger partial charge on any atom is 0.00419 e. The fourth-order valence-electron chi connectivity index (χ4n) is 1.92. The van der Waals surface area contributed by atoms with Gasteiger partial charge in [0.15, 0.2) is 0 Å². The summed E-state index contributed by atoms with van der Waals surface area (Å²) in [5, 5.41) is 1.37. The van der Waals surface area contributed by atoms with Crippen LogP contribution in [-0.2, 0) is 11.8 Å². The highest BCUT2D eigenvalue weighted by Crippen LogP contribution is 2.55. The molecule has 1 aliphatic rings. The van der Waals surface area contributed by atoms with Crippen LogP contribution in [0.3, 0.4) is 0 Å². The monoisotopic (exact) mass is 222 g/mol. The van der Waals surface area contributed by atoms with Gasteiger partial charge in [-0.1, -0.05) is 54.6 Å². The average molecular weight is 222 g/mol. The molecule has 0 N–H and O–H groups in total. The van der Waals surface area contributed by atoms with Crippen LogP contribution >= 0.6 is 6.04 Å². The summed E-state index contributed by atoms with van der Waals surface area (Å²) in [7, 11) is 0. The van der Waals surface area contributed by atoms with Gasteiger partial charge in [0.2, 0.25) is 0 Å². The largest absolute Gasteiger partial charge is 0.0882 e. The van der Waals surface area contributed by atoms with Crippen LogP contribution in [-0.4, -0.2) is 6.16 Å². The molecular weight excluding hydrogens is 207 g/mol. The third kappa shape index (κ3) is 1.71. The van der Waals surface area contributed by atoms with E-state index in [2.05, 4.69) is 50.0 Å². The highest BCUT2D eigenvalue weighted by Gasteiger charge is 2.27. The van der Waals surface area contributed by atoms with Crippen molar-refractivity contribution in [2.75, 3.05) is 6.16 Å². The van der Waals surface area contributed by atoms with E-state index in [9.17, 15) is 0 Å². The van der Waals surface area contributed by atoms with Gasteiger partial charge in [-0.05, 0) is 30.1 Å². The minimum Gasteiger partial charge on any atom is -0.0882 e. The summed E-state index contributed by atoms with van der Waals surface area (Å²) in [6.07, 6.45) is 1.18. The molecule has 2 atom stereocenters. The molecule has 0 fully saturated rings. The van der Waals surface area contributed by atoms with Gasteiger partial charge in [-0.3, -0.25) is 0 Å². The first-order valence-electron chi connectivity index (χ1n) is 4.95. The lowest BCUT2D eigenvalue weighted by molar-refractivity contribution is 0.795. The fraction of sp³-hybridized carbons (Fsp3) is 0.333. The minimum absolute atomic E-state index is 0.682. The molecule has 2 unspecified atom stereocenters.